The van der Waals surface area contributed by atoms with Crippen LogP contribution in [-0.2, 0) is 11.2 Å². The van der Waals surface area contributed by atoms with Crippen molar-refractivity contribution in [2.24, 2.45) is 0 Å². The van der Waals surface area contributed by atoms with E-state index in [1.54, 1.807) is 18.6 Å². The summed E-state index contributed by atoms with van der Waals surface area (Å²) in [5, 5.41) is 2.90. The number of benzene rings is 1. The van der Waals surface area contributed by atoms with Crippen molar-refractivity contribution in [2.75, 3.05) is 5.32 Å². The monoisotopic (exact) mass is 333 g/mol. The molecule has 0 spiro atoms. The molecule has 126 valence electrons. The van der Waals surface area contributed by atoms with E-state index in [1.807, 2.05) is 54.7 Å². The topological polar surface area (TPSA) is 64.1 Å². The van der Waals surface area contributed by atoms with Crippen LogP contribution in [0.1, 0.15) is 18.4 Å². The van der Waals surface area contributed by atoms with E-state index in [2.05, 4.69) is 15.3 Å². The molecule has 0 aliphatic heterocycles. The van der Waals surface area contributed by atoms with Crippen LogP contribution in [0.3, 0.4) is 0 Å². The van der Waals surface area contributed by atoms with Gasteiger partial charge in [0.2, 0.25) is 5.91 Å². The highest BCUT2D eigenvalue weighted by Crippen LogP contribution is 2.22. The first-order valence-corrected chi connectivity index (χ1v) is 8.16. The second-order valence-corrected chi connectivity index (χ2v) is 5.58. The smallest absolute Gasteiger partial charge is 0.224 e. The molecule has 5 heteroatoms. The van der Waals surface area contributed by atoms with E-state index >= 15 is 0 Å². The molecule has 3 aromatic rings. The minimum absolute atomic E-state index is 0.00446. The van der Waals surface area contributed by atoms with Crippen molar-refractivity contribution in [3.63, 3.8) is 0 Å². The molecule has 0 aliphatic carbocycles. The van der Waals surface area contributed by atoms with E-state index in [9.17, 15) is 4.79 Å². The van der Waals surface area contributed by atoms with Crippen LogP contribution in [0, 0.1) is 0 Å². The molecule has 0 unspecified atom stereocenters. The van der Waals surface area contributed by atoms with Gasteiger partial charge in [-0.3, -0.25) is 14.8 Å². The number of carbonyl (C=O) groups is 1. The van der Waals surface area contributed by atoms with E-state index in [4.69, 9.17) is 4.74 Å². The first-order chi connectivity index (χ1) is 12.3. The Hall–Kier alpha value is -3.21. The number of hydrogen-bond donors (Lipinski definition) is 1. The quantitative estimate of drug-likeness (QED) is 0.703. The summed E-state index contributed by atoms with van der Waals surface area (Å²) in [5.41, 5.74) is 1.90. The van der Waals surface area contributed by atoms with Gasteiger partial charge in [-0.05, 0) is 60.9 Å². The lowest BCUT2D eigenvalue weighted by Gasteiger charge is -2.08. The van der Waals surface area contributed by atoms with Gasteiger partial charge in [0.05, 0.1) is 6.20 Å². The van der Waals surface area contributed by atoms with Crippen molar-refractivity contribution in [2.45, 2.75) is 19.3 Å². The third kappa shape index (κ3) is 5.42. The Morgan fingerprint density at radius 3 is 2.36 bits per heavy atom. The molecule has 0 atom stereocenters. The Balaban J connectivity index is 1.45. The minimum Gasteiger partial charge on any atom is -0.456 e. The molecule has 1 aromatic carbocycles. The lowest BCUT2D eigenvalue weighted by molar-refractivity contribution is -0.116. The van der Waals surface area contributed by atoms with Crippen LogP contribution < -0.4 is 10.1 Å². The Morgan fingerprint density at radius 2 is 1.68 bits per heavy atom. The Labute approximate surface area is 146 Å². The van der Waals surface area contributed by atoms with Crippen LogP contribution in [0.2, 0.25) is 0 Å². The SMILES string of the molecule is O=C(CCCc1cccnc1)Nc1ccc(Oc2cccnc2)cc1. The lowest BCUT2D eigenvalue weighted by atomic mass is 10.1. The predicted octanol–water partition coefficient (Wildman–Crippen LogP) is 4.23. The predicted molar refractivity (Wildman–Crippen MR) is 96.6 cm³/mol. The number of carbonyl (C=O) groups excluding carboxylic acids is 1. The molecule has 1 N–H and O–H groups in total. The van der Waals surface area contributed by atoms with E-state index in [0.29, 0.717) is 17.9 Å². The summed E-state index contributed by atoms with van der Waals surface area (Å²) in [6.45, 7) is 0. The zero-order valence-electron chi connectivity index (χ0n) is 13.8. The van der Waals surface area contributed by atoms with Gasteiger partial charge in [0.1, 0.15) is 11.5 Å². The average Bonchev–Trinajstić information content (AvgIpc) is 2.65. The number of ether oxygens (including phenoxy) is 1. The summed E-state index contributed by atoms with van der Waals surface area (Å²) in [4.78, 5) is 20.1. The summed E-state index contributed by atoms with van der Waals surface area (Å²) < 4.78 is 5.67. The first-order valence-electron chi connectivity index (χ1n) is 8.16. The van der Waals surface area contributed by atoms with Gasteiger partial charge >= 0.3 is 0 Å². The molecule has 1 amide bonds. The number of nitrogens with zero attached hydrogens (tertiary/aromatic N) is 2. The average molecular weight is 333 g/mol. The number of rotatable bonds is 7. The Bertz CT molecular complexity index is 790. The molecule has 25 heavy (non-hydrogen) atoms. The molecule has 0 bridgehead atoms. The van der Waals surface area contributed by atoms with Crippen LogP contribution in [0.15, 0.2) is 73.3 Å². The molecular weight excluding hydrogens is 314 g/mol. The Morgan fingerprint density at radius 1 is 0.920 bits per heavy atom. The van der Waals surface area contributed by atoms with Crippen LogP contribution in [0.4, 0.5) is 5.69 Å². The minimum atomic E-state index is 0.00446. The fraction of sp³-hybridized carbons (Fsp3) is 0.150. The van der Waals surface area contributed by atoms with Gasteiger partial charge in [0.25, 0.3) is 0 Å². The van der Waals surface area contributed by atoms with Crippen molar-refractivity contribution in [1.29, 1.82) is 0 Å². The largest absolute Gasteiger partial charge is 0.456 e. The van der Waals surface area contributed by atoms with Crippen LogP contribution in [0.5, 0.6) is 11.5 Å². The molecular formula is C20H19N3O2. The van der Waals surface area contributed by atoms with Gasteiger partial charge in [-0.2, -0.15) is 0 Å². The fourth-order valence-corrected chi connectivity index (χ4v) is 2.37. The fourth-order valence-electron chi connectivity index (χ4n) is 2.37. The number of aryl methyl sites for hydroxylation is 1. The van der Waals surface area contributed by atoms with Crippen molar-refractivity contribution in [3.05, 3.63) is 78.9 Å². The van der Waals surface area contributed by atoms with E-state index in [-0.39, 0.29) is 5.91 Å². The molecule has 2 heterocycles. The maximum absolute atomic E-state index is 12.0. The van der Waals surface area contributed by atoms with E-state index in [0.717, 1.165) is 24.1 Å². The second-order valence-electron chi connectivity index (χ2n) is 5.58. The Kier molecular flexibility index (Phi) is 5.72. The van der Waals surface area contributed by atoms with Crippen molar-refractivity contribution >= 4 is 11.6 Å². The van der Waals surface area contributed by atoms with Crippen LogP contribution in [0.25, 0.3) is 0 Å². The first kappa shape index (κ1) is 16.6. The molecule has 0 radical (unpaired) electrons. The summed E-state index contributed by atoms with van der Waals surface area (Å²) >= 11 is 0. The van der Waals surface area contributed by atoms with Gasteiger partial charge < -0.3 is 10.1 Å². The molecule has 0 saturated heterocycles. The van der Waals surface area contributed by atoms with Gasteiger partial charge in [0, 0.05) is 30.7 Å². The van der Waals surface area contributed by atoms with Crippen LogP contribution >= 0.6 is 0 Å². The number of hydrogen-bond acceptors (Lipinski definition) is 4. The second kappa shape index (κ2) is 8.59. The highest BCUT2D eigenvalue weighted by atomic mass is 16.5. The van der Waals surface area contributed by atoms with Crippen LogP contribution in [-0.4, -0.2) is 15.9 Å². The van der Waals surface area contributed by atoms with Gasteiger partial charge in [-0.15, -0.1) is 0 Å². The van der Waals surface area contributed by atoms with Gasteiger partial charge in [0.15, 0.2) is 0 Å². The van der Waals surface area contributed by atoms with Gasteiger partial charge in [-0.25, -0.2) is 0 Å². The number of pyridine rings is 2. The molecule has 5 nitrogen and oxygen atoms in total. The zero-order chi connectivity index (χ0) is 17.3. The number of amides is 1. The standard InChI is InChI=1S/C20H19N3O2/c24-20(7-1-4-16-5-2-12-21-14-16)23-17-8-10-18(11-9-17)25-19-6-3-13-22-15-19/h2-3,5-6,8-15H,1,4,7H2,(H,23,24). The van der Waals surface area contributed by atoms with E-state index in [1.165, 1.54) is 0 Å². The van der Waals surface area contributed by atoms with Gasteiger partial charge in [-0.1, -0.05) is 6.07 Å². The number of nitrogens with one attached hydrogen (secondary N) is 1. The van der Waals surface area contributed by atoms with Crippen molar-refractivity contribution < 1.29 is 9.53 Å². The number of anilines is 1. The third-order valence-corrected chi connectivity index (χ3v) is 3.60. The summed E-state index contributed by atoms with van der Waals surface area (Å²) in [6.07, 6.45) is 9.04. The molecule has 3 rings (SSSR count). The summed E-state index contributed by atoms with van der Waals surface area (Å²) in [6, 6.07) is 14.9. The normalized spacial score (nSPS) is 10.2. The zero-order valence-corrected chi connectivity index (χ0v) is 13.8. The maximum atomic E-state index is 12.0. The maximum Gasteiger partial charge on any atom is 0.224 e. The van der Waals surface area contributed by atoms with Crippen molar-refractivity contribution in [1.82, 2.24) is 9.97 Å². The highest BCUT2D eigenvalue weighted by Gasteiger charge is 2.04. The molecule has 0 aliphatic rings. The molecule has 0 fully saturated rings. The lowest BCUT2D eigenvalue weighted by Crippen LogP contribution is -2.11. The molecule has 2 aromatic heterocycles. The molecule has 0 saturated carbocycles. The number of aromatic nitrogens is 2. The summed E-state index contributed by atoms with van der Waals surface area (Å²) in [5.74, 6) is 1.38. The third-order valence-electron chi connectivity index (χ3n) is 3.60. The highest BCUT2D eigenvalue weighted by molar-refractivity contribution is 5.90. The van der Waals surface area contributed by atoms with E-state index < -0.39 is 0 Å². The van der Waals surface area contributed by atoms with Crippen molar-refractivity contribution in [3.8, 4) is 11.5 Å². The summed E-state index contributed by atoms with van der Waals surface area (Å²) in [7, 11) is 0.